The molecule has 25 heavy (non-hydrogen) atoms. The number of hydrogen-bond acceptors (Lipinski definition) is 3. The SMILES string of the molecule is [2H]C1C=CN(c2ccc3c(C4CCNCC4)cn(C4CCC4)c3c2)C([2H])N1. The molecule has 2 fully saturated rings. The lowest BCUT2D eigenvalue weighted by atomic mass is 9.90. The Morgan fingerprint density at radius 2 is 1.96 bits per heavy atom. The minimum atomic E-state index is -0.619. The predicted octanol–water partition coefficient (Wildman–Crippen LogP) is 3.71. The zero-order valence-corrected chi connectivity index (χ0v) is 14.6. The summed E-state index contributed by atoms with van der Waals surface area (Å²) in [5.41, 5.74) is 3.83. The zero-order chi connectivity index (χ0) is 18.4. The molecule has 2 aliphatic heterocycles. The van der Waals surface area contributed by atoms with Gasteiger partial charge < -0.3 is 14.8 Å². The summed E-state index contributed by atoms with van der Waals surface area (Å²) < 4.78 is 18.6. The molecule has 5 rings (SSSR count). The highest BCUT2D eigenvalue weighted by Gasteiger charge is 2.26. The van der Waals surface area contributed by atoms with E-state index in [9.17, 15) is 0 Å². The maximum atomic E-state index is 8.29. The Bertz CT molecular complexity index is 851. The van der Waals surface area contributed by atoms with Gasteiger partial charge in [-0.25, -0.2) is 0 Å². The van der Waals surface area contributed by atoms with Crippen molar-refractivity contribution >= 4 is 16.6 Å². The minimum Gasteiger partial charge on any atom is -0.344 e. The first-order valence-electron chi connectivity index (χ1n) is 10.8. The lowest BCUT2D eigenvalue weighted by Gasteiger charge is -2.29. The molecule has 0 spiro atoms. The van der Waals surface area contributed by atoms with Gasteiger partial charge in [-0.05, 0) is 68.8 Å². The molecule has 2 unspecified atom stereocenters. The Morgan fingerprint density at radius 1 is 1.08 bits per heavy atom. The smallest absolute Gasteiger partial charge is 0.0728 e. The summed E-state index contributed by atoms with van der Waals surface area (Å²) in [5.74, 6) is 0.644. The number of nitrogens with one attached hydrogen (secondary N) is 2. The molecule has 1 saturated heterocycles. The highest BCUT2D eigenvalue weighted by atomic mass is 15.2. The van der Waals surface area contributed by atoms with Crippen LogP contribution in [0.2, 0.25) is 0 Å². The minimum absolute atomic E-state index is 0.502. The maximum Gasteiger partial charge on any atom is 0.0728 e. The number of fused-ring (bicyclic) bond motifs is 1. The van der Waals surface area contributed by atoms with Crippen LogP contribution in [0.3, 0.4) is 0 Å². The lowest BCUT2D eigenvalue weighted by Crippen LogP contribution is -2.34. The van der Waals surface area contributed by atoms with Crippen LogP contribution in [0.25, 0.3) is 10.9 Å². The topological polar surface area (TPSA) is 32.2 Å². The van der Waals surface area contributed by atoms with Gasteiger partial charge in [-0.15, -0.1) is 0 Å². The Kier molecular flexibility index (Phi) is 3.49. The zero-order valence-electron chi connectivity index (χ0n) is 16.6. The summed E-state index contributed by atoms with van der Waals surface area (Å²) in [5, 5.41) is 7.81. The third-order valence-corrected chi connectivity index (χ3v) is 6.05. The van der Waals surface area contributed by atoms with Gasteiger partial charge in [-0.2, -0.15) is 0 Å². The maximum absolute atomic E-state index is 8.29. The van der Waals surface area contributed by atoms with Gasteiger partial charge in [-0.3, -0.25) is 5.32 Å². The summed E-state index contributed by atoms with van der Waals surface area (Å²) in [6.45, 7) is 1.10. The van der Waals surface area contributed by atoms with E-state index in [1.165, 1.54) is 48.6 Å². The lowest BCUT2D eigenvalue weighted by molar-refractivity contribution is 0.320. The quantitative estimate of drug-likeness (QED) is 0.895. The summed E-state index contributed by atoms with van der Waals surface area (Å²) in [6.07, 6.45) is 12.4. The molecule has 3 aliphatic rings. The molecule has 1 aliphatic carbocycles. The van der Waals surface area contributed by atoms with E-state index in [1.54, 1.807) is 6.08 Å². The van der Waals surface area contributed by atoms with Gasteiger partial charge in [0.05, 0.1) is 13.5 Å². The first-order chi connectivity index (χ1) is 13.2. The van der Waals surface area contributed by atoms with Crippen molar-refractivity contribution in [3.05, 3.63) is 42.2 Å². The van der Waals surface area contributed by atoms with Crippen molar-refractivity contribution in [2.45, 2.75) is 44.1 Å². The van der Waals surface area contributed by atoms with Gasteiger partial charge in [0.15, 0.2) is 0 Å². The van der Waals surface area contributed by atoms with Gasteiger partial charge in [0, 0.05) is 37.4 Å². The second-order valence-corrected chi connectivity index (χ2v) is 7.51. The van der Waals surface area contributed by atoms with Crippen LogP contribution in [0, 0.1) is 0 Å². The van der Waals surface area contributed by atoms with Gasteiger partial charge in [-0.1, -0.05) is 12.1 Å². The van der Waals surface area contributed by atoms with Crippen molar-refractivity contribution < 1.29 is 2.74 Å². The van der Waals surface area contributed by atoms with Gasteiger partial charge in [0.25, 0.3) is 0 Å². The fraction of sp³-hybridized carbons (Fsp3) is 0.524. The second kappa shape index (κ2) is 6.50. The van der Waals surface area contributed by atoms with Crippen molar-refractivity contribution in [1.29, 1.82) is 0 Å². The first-order valence-corrected chi connectivity index (χ1v) is 9.63. The van der Waals surface area contributed by atoms with Crippen LogP contribution in [0.15, 0.2) is 36.7 Å². The van der Waals surface area contributed by atoms with E-state index < -0.39 is 13.2 Å². The summed E-state index contributed by atoms with van der Waals surface area (Å²) in [6, 6.07) is 7.26. The van der Waals surface area contributed by atoms with Crippen LogP contribution in [-0.2, 0) is 0 Å². The number of piperidine rings is 1. The average molecular weight is 338 g/mol. The molecule has 2 aromatic rings. The van der Waals surface area contributed by atoms with Crippen LogP contribution in [-0.4, -0.2) is 30.8 Å². The third kappa shape index (κ3) is 2.77. The van der Waals surface area contributed by atoms with Crippen LogP contribution in [0.4, 0.5) is 5.69 Å². The van der Waals surface area contributed by atoms with Crippen molar-refractivity contribution in [2.75, 3.05) is 31.2 Å². The summed E-state index contributed by atoms with van der Waals surface area (Å²) in [7, 11) is 0. The normalized spacial score (nSPS) is 29.5. The van der Waals surface area contributed by atoms with E-state index in [4.69, 9.17) is 2.74 Å². The van der Waals surface area contributed by atoms with Crippen LogP contribution in [0.5, 0.6) is 0 Å². The second-order valence-electron chi connectivity index (χ2n) is 7.51. The molecule has 0 amide bonds. The fourth-order valence-electron chi connectivity index (χ4n) is 4.37. The molecular formula is C21H28N4. The molecule has 2 N–H and O–H groups in total. The van der Waals surface area contributed by atoms with Crippen molar-refractivity contribution in [3.63, 3.8) is 0 Å². The van der Waals surface area contributed by atoms with Crippen LogP contribution in [0.1, 0.15) is 52.4 Å². The van der Waals surface area contributed by atoms with Crippen LogP contribution < -0.4 is 15.5 Å². The van der Waals surface area contributed by atoms with E-state index in [0.29, 0.717) is 12.0 Å². The Labute approximate surface area is 152 Å². The number of aromatic nitrogens is 1. The number of hydrogen-bond donors (Lipinski definition) is 2. The molecular weight excluding hydrogens is 308 g/mol. The molecule has 0 bridgehead atoms. The molecule has 1 saturated carbocycles. The van der Waals surface area contributed by atoms with E-state index in [2.05, 4.69) is 39.6 Å². The average Bonchev–Trinajstić information content (AvgIpc) is 3.00. The van der Waals surface area contributed by atoms with Gasteiger partial charge >= 0.3 is 0 Å². The highest BCUT2D eigenvalue weighted by molar-refractivity contribution is 5.88. The van der Waals surface area contributed by atoms with E-state index in [1.807, 2.05) is 11.1 Å². The number of nitrogens with zero attached hydrogens (tertiary/aromatic N) is 2. The molecule has 1 aromatic carbocycles. The Hall–Kier alpha value is -1.78. The van der Waals surface area contributed by atoms with Crippen LogP contribution >= 0.6 is 0 Å². The first kappa shape index (κ1) is 13.4. The third-order valence-electron chi connectivity index (χ3n) is 6.05. The Balaban J connectivity index is 1.57. The monoisotopic (exact) mass is 338 g/mol. The standard InChI is InChI=1S/C21H28N4/c1-3-17(4-1)25-14-20(16-7-10-22-11-8-16)19-6-5-18(13-21(19)25)24-12-2-9-23-15-24/h2,5-6,12-14,16-17,22-23H,1,3-4,7-11,15H2/i9D,15D. The number of anilines is 1. The molecule has 132 valence electrons. The number of rotatable bonds is 3. The van der Waals surface area contributed by atoms with E-state index >= 15 is 0 Å². The predicted molar refractivity (Wildman–Crippen MR) is 104 cm³/mol. The van der Waals surface area contributed by atoms with E-state index in [0.717, 1.165) is 18.8 Å². The molecule has 3 heterocycles. The fourth-order valence-corrected chi connectivity index (χ4v) is 4.37. The Morgan fingerprint density at radius 3 is 2.72 bits per heavy atom. The van der Waals surface area contributed by atoms with Crippen molar-refractivity contribution in [3.8, 4) is 0 Å². The highest BCUT2D eigenvalue weighted by Crippen LogP contribution is 2.40. The molecule has 0 radical (unpaired) electrons. The van der Waals surface area contributed by atoms with Gasteiger partial charge in [0.2, 0.25) is 0 Å². The molecule has 4 nitrogen and oxygen atoms in total. The van der Waals surface area contributed by atoms with Crippen molar-refractivity contribution in [2.24, 2.45) is 0 Å². The summed E-state index contributed by atoms with van der Waals surface area (Å²) in [4.78, 5) is 1.91. The van der Waals surface area contributed by atoms with Crippen molar-refractivity contribution in [1.82, 2.24) is 15.2 Å². The molecule has 2 atom stereocenters. The number of benzene rings is 1. The molecule has 4 heteroatoms. The van der Waals surface area contributed by atoms with E-state index in [-0.39, 0.29) is 0 Å². The largest absolute Gasteiger partial charge is 0.344 e. The summed E-state index contributed by atoms with van der Waals surface area (Å²) >= 11 is 0. The van der Waals surface area contributed by atoms with Gasteiger partial charge in [0.1, 0.15) is 0 Å². The molecule has 1 aromatic heterocycles.